The predicted molar refractivity (Wildman–Crippen MR) is 68.8 cm³/mol. The topological polar surface area (TPSA) is 35.2 Å². The molecule has 6 heteroatoms. The zero-order valence-corrected chi connectivity index (χ0v) is 11.1. The Morgan fingerprint density at radius 2 is 1.74 bits per heavy atom. The molecule has 0 saturated carbocycles. The molecular weight excluding hydrogens is 275 g/mol. The minimum atomic E-state index is -4.25. The molecule has 1 fully saturated rings. The van der Waals surface area contributed by atoms with E-state index in [4.69, 9.17) is 10.5 Å². The number of rotatable bonds is 3. The summed E-state index contributed by atoms with van der Waals surface area (Å²) in [5.74, 6) is 0.342. The molecule has 1 aliphatic heterocycles. The highest BCUT2D eigenvalue weighted by Crippen LogP contribution is 2.37. The summed E-state index contributed by atoms with van der Waals surface area (Å²) in [6.45, 7) is 1.42. The van der Waals surface area contributed by atoms with Crippen LogP contribution in [0.2, 0.25) is 0 Å². The summed E-state index contributed by atoms with van der Waals surface area (Å²) in [5.41, 5.74) is 2.80. The molecule has 0 spiro atoms. The van der Waals surface area contributed by atoms with Crippen LogP contribution in [0.5, 0.6) is 0 Å². The molecule has 1 aliphatic rings. The van der Waals surface area contributed by atoms with E-state index in [0.29, 0.717) is 19.1 Å². The third-order valence-electron chi connectivity index (χ3n) is 3.27. The van der Waals surface area contributed by atoms with E-state index in [2.05, 4.69) is 0 Å². The van der Waals surface area contributed by atoms with Gasteiger partial charge in [0.15, 0.2) is 0 Å². The van der Waals surface area contributed by atoms with Crippen LogP contribution in [0.1, 0.15) is 24.4 Å². The van der Waals surface area contributed by atoms with E-state index in [1.807, 2.05) is 0 Å². The Morgan fingerprint density at radius 3 is 2.26 bits per heavy atom. The van der Waals surface area contributed by atoms with Gasteiger partial charge in [-0.3, -0.25) is 0 Å². The van der Waals surface area contributed by atoms with Crippen molar-refractivity contribution in [1.82, 2.24) is 0 Å². The van der Waals surface area contributed by atoms with Gasteiger partial charge in [-0.05, 0) is 48.2 Å². The summed E-state index contributed by atoms with van der Waals surface area (Å²) >= 11 is -0.104. The van der Waals surface area contributed by atoms with Crippen LogP contribution < -0.4 is 5.73 Å². The Kier molecular flexibility index (Phi) is 4.76. The number of nitrogens with two attached hydrogens (primary N) is 1. The fraction of sp³-hybridized carbons (Fsp3) is 0.538. The average molecular weight is 291 g/mol. The lowest BCUT2D eigenvalue weighted by Gasteiger charge is -2.28. The predicted octanol–water partition coefficient (Wildman–Crippen LogP) is 3.72. The summed E-state index contributed by atoms with van der Waals surface area (Å²) in [6.07, 6.45) is 1.81. The maximum absolute atomic E-state index is 12.2. The lowest BCUT2D eigenvalue weighted by atomic mass is 9.88. The van der Waals surface area contributed by atoms with E-state index in [-0.39, 0.29) is 22.7 Å². The SMILES string of the molecule is N[C@@H](c1ccc(SC(F)(F)F)cc1)C1CCOCC1. The zero-order valence-electron chi connectivity index (χ0n) is 10.3. The third-order valence-corrected chi connectivity index (χ3v) is 4.01. The Bertz CT molecular complexity index is 401. The summed E-state index contributed by atoms with van der Waals surface area (Å²) in [7, 11) is 0. The van der Waals surface area contributed by atoms with Crippen LogP contribution in [0, 0.1) is 5.92 Å². The first-order chi connectivity index (χ1) is 8.96. The second kappa shape index (κ2) is 6.15. The molecule has 0 amide bonds. The molecule has 0 aromatic heterocycles. The molecular formula is C13H16F3NOS. The zero-order chi connectivity index (χ0) is 13.9. The maximum Gasteiger partial charge on any atom is 0.446 e. The Labute approximate surface area is 114 Å². The number of halogens is 3. The average Bonchev–Trinajstić information content (AvgIpc) is 2.38. The summed E-state index contributed by atoms with van der Waals surface area (Å²) in [5, 5.41) is 0. The first kappa shape index (κ1) is 14.7. The maximum atomic E-state index is 12.2. The molecule has 0 bridgehead atoms. The van der Waals surface area contributed by atoms with Crippen LogP contribution in [0.4, 0.5) is 13.2 Å². The van der Waals surface area contributed by atoms with Gasteiger partial charge in [0.2, 0.25) is 0 Å². The highest BCUT2D eigenvalue weighted by atomic mass is 32.2. The van der Waals surface area contributed by atoms with Crippen molar-refractivity contribution in [2.75, 3.05) is 13.2 Å². The Morgan fingerprint density at radius 1 is 1.16 bits per heavy atom. The molecule has 1 saturated heterocycles. The summed E-state index contributed by atoms with van der Waals surface area (Å²) < 4.78 is 41.9. The minimum Gasteiger partial charge on any atom is -0.381 e. The normalized spacial score (nSPS) is 19.4. The smallest absolute Gasteiger partial charge is 0.381 e. The number of hydrogen-bond acceptors (Lipinski definition) is 3. The molecule has 0 aliphatic carbocycles. The van der Waals surface area contributed by atoms with Crippen molar-refractivity contribution in [2.45, 2.75) is 29.3 Å². The van der Waals surface area contributed by atoms with E-state index in [0.717, 1.165) is 18.4 Å². The van der Waals surface area contributed by atoms with E-state index in [1.54, 1.807) is 12.1 Å². The molecule has 2 nitrogen and oxygen atoms in total. The third kappa shape index (κ3) is 4.40. The van der Waals surface area contributed by atoms with Gasteiger partial charge < -0.3 is 10.5 Å². The van der Waals surface area contributed by atoms with E-state index in [1.165, 1.54) is 12.1 Å². The first-order valence-corrected chi connectivity index (χ1v) is 6.96. The van der Waals surface area contributed by atoms with Gasteiger partial charge in [-0.25, -0.2) is 0 Å². The van der Waals surface area contributed by atoms with E-state index in [9.17, 15) is 13.2 Å². The van der Waals surface area contributed by atoms with Crippen molar-refractivity contribution in [1.29, 1.82) is 0 Å². The minimum absolute atomic E-state index is 0.104. The van der Waals surface area contributed by atoms with E-state index >= 15 is 0 Å². The number of ether oxygens (including phenoxy) is 1. The van der Waals surface area contributed by atoms with Gasteiger partial charge in [0.25, 0.3) is 0 Å². The molecule has 19 heavy (non-hydrogen) atoms. The van der Waals surface area contributed by atoms with Gasteiger partial charge in [-0.2, -0.15) is 13.2 Å². The monoisotopic (exact) mass is 291 g/mol. The second-order valence-corrected chi connectivity index (χ2v) is 5.73. The second-order valence-electron chi connectivity index (χ2n) is 4.59. The van der Waals surface area contributed by atoms with Crippen molar-refractivity contribution in [3.05, 3.63) is 29.8 Å². The molecule has 2 rings (SSSR count). The van der Waals surface area contributed by atoms with Crippen LogP contribution in [0.15, 0.2) is 29.2 Å². The van der Waals surface area contributed by atoms with Crippen LogP contribution in [0.3, 0.4) is 0 Å². The van der Waals surface area contributed by atoms with E-state index < -0.39 is 5.51 Å². The largest absolute Gasteiger partial charge is 0.446 e. The molecule has 1 atom stereocenters. The van der Waals surface area contributed by atoms with Gasteiger partial charge in [0.1, 0.15) is 0 Å². The number of benzene rings is 1. The van der Waals surface area contributed by atoms with Gasteiger partial charge >= 0.3 is 5.51 Å². The molecule has 0 unspecified atom stereocenters. The number of alkyl halides is 3. The highest BCUT2D eigenvalue weighted by Gasteiger charge is 2.29. The standard InChI is InChI=1S/C13H16F3NOS/c14-13(15,16)19-11-3-1-9(2-4-11)12(17)10-5-7-18-8-6-10/h1-4,10,12H,5-8,17H2/t12-/m0/s1. The quantitative estimate of drug-likeness (QED) is 0.862. The molecule has 1 aromatic carbocycles. The Hall–Kier alpha value is -0.720. The van der Waals surface area contributed by atoms with Gasteiger partial charge in [-0.15, -0.1) is 0 Å². The van der Waals surface area contributed by atoms with Gasteiger partial charge in [0, 0.05) is 24.2 Å². The number of thioether (sulfide) groups is 1. The van der Waals surface area contributed by atoms with Crippen molar-refractivity contribution in [3.63, 3.8) is 0 Å². The van der Waals surface area contributed by atoms with Crippen LogP contribution in [0.25, 0.3) is 0 Å². The lowest BCUT2D eigenvalue weighted by Crippen LogP contribution is -2.27. The molecule has 0 radical (unpaired) electrons. The van der Waals surface area contributed by atoms with Crippen molar-refractivity contribution >= 4 is 11.8 Å². The Balaban J connectivity index is 2.01. The summed E-state index contributed by atoms with van der Waals surface area (Å²) in [4.78, 5) is 0.190. The fourth-order valence-corrected chi connectivity index (χ4v) is 2.78. The van der Waals surface area contributed by atoms with Crippen molar-refractivity contribution in [2.24, 2.45) is 11.7 Å². The van der Waals surface area contributed by atoms with Gasteiger partial charge in [0.05, 0.1) is 0 Å². The first-order valence-electron chi connectivity index (χ1n) is 6.15. The van der Waals surface area contributed by atoms with Crippen LogP contribution in [-0.4, -0.2) is 18.7 Å². The van der Waals surface area contributed by atoms with Gasteiger partial charge in [-0.1, -0.05) is 12.1 Å². The molecule has 2 N–H and O–H groups in total. The van der Waals surface area contributed by atoms with Crippen molar-refractivity contribution in [3.8, 4) is 0 Å². The van der Waals surface area contributed by atoms with Crippen LogP contribution in [-0.2, 0) is 4.74 Å². The molecule has 106 valence electrons. The number of hydrogen-bond donors (Lipinski definition) is 1. The van der Waals surface area contributed by atoms with Crippen molar-refractivity contribution < 1.29 is 17.9 Å². The fourth-order valence-electron chi connectivity index (χ4n) is 2.24. The summed E-state index contributed by atoms with van der Waals surface area (Å²) in [6, 6.07) is 6.20. The van der Waals surface area contributed by atoms with Crippen LogP contribution >= 0.6 is 11.8 Å². The lowest BCUT2D eigenvalue weighted by molar-refractivity contribution is -0.0328. The highest BCUT2D eigenvalue weighted by molar-refractivity contribution is 8.00. The molecule has 1 aromatic rings. The molecule has 1 heterocycles.